The summed E-state index contributed by atoms with van der Waals surface area (Å²) in [6.45, 7) is 2.28. The summed E-state index contributed by atoms with van der Waals surface area (Å²) in [5.41, 5.74) is 13.3. The molecule has 2 aromatic rings. The Labute approximate surface area is 256 Å². The Hall–Kier alpha value is -3.39. The Bertz CT molecular complexity index is 1200. The van der Waals surface area contributed by atoms with Gasteiger partial charge in [-0.15, -0.1) is 0 Å². The molecule has 0 aromatic heterocycles. The first-order chi connectivity index (χ1) is 20.9. The van der Waals surface area contributed by atoms with E-state index in [0.29, 0.717) is 39.0 Å². The maximum Gasteiger partial charge on any atom is 0.239 e. The second kappa shape index (κ2) is 13.1. The van der Waals surface area contributed by atoms with Gasteiger partial charge in [0.05, 0.1) is 6.04 Å². The fourth-order valence-electron chi connectivity index (χ4n) is 8.92. The molecule has 0 unspecified atom stereocenters. The van der Waals surface area contributed by atoms with Crippen LogP contribution in [0.2, 0.25) is 0 Å². The van der Waals surface area contributed by atoms with Gasteiger partial charge in [0.15, 0.2) is 5.96 Å². The Morgan fingerprint density at radius 3 is 2.09 bits per heavy atom. The summed E-state index contributed by atoms with van der Waals surface area (Å²) >= 11 is 0. The molecular formula is C35H48N6O2. The van der Waals surface area contributed by atoms with Gasteiger partial charge in [-0.3, -0.25) is 14.6 Å². The molecule has 0 radical (unpaired) electrons. The van der Waals surface area contributed by atoms with Crippen LogP contribution in [0.25, 0.3) is 0 Å². The standard InChI is InChI=1S/C35H48N6O2/c36-34(37)38-14-7-12-31-32(42)41(23-30(27-8-3-1-4-9-27)28-10-5-2-6-11-28)15-13-29(40-31)22-39-33(43)35-19-24-16-25(20-35)18-26(17-24)21-35/h1-6,8-11,24-26,29-31,40H,7,12-23H2,(H,39,43)(H4,36,37,38)/t24?,25?,26?,29-,31-,35?/m0/s1. The van der Waals surface area contributed by atoms with Crippen molar-refractivity contribution in [3.8, 4) is 0 Å². The van der Waals surface area contributed by atoms with E-state index in [9.17, 15) is 9.59 Å². The number of nitrogens with one attached hydrogen (secondary N) is 2. The van der Waals surface area contributed by atoms with Crippen molar-refractivity contribution in [3.05, 3.63) is 71.8 Å². The van der Waals surface area contributed by atoms with Crippen molar-refractivity contribution in [1.29, 1.82) is 0 Å². The van der Waals surface area contributed by atoms with Crippen molar-refractivity contribution in [1.82, 2.24) is 15.5 Å². The van der Waals surface area contributed by atoms with Crippen molar-refractivity contribution in [2.75, 3.05) is 26.2 Å². The molecule has 2 atom stereocenters. The second-order valence-corrected chi connectivity index (χ2v) is 13.7. The van der Waals surface area contributed by atoms with Crippen LogP contribution in [-0.4, -0.2) is 60.9 Å². The first-order valence-electron chi connectivity index (χ1n) is 16.4. The minimum Gasteiger partial charge on any atom is -0.370 e. The van der Waals surface area contributed by atoms with Crippen molar-refractivity contribution in [2.45, 2.75) is 75.8 Å². The molecule has 2 aromatic carbocycles. The van der Waals surface area contributed by atoms with E-state index in [1.807, 2.05) is 17.0 Å². The lowest BCUT2D eigenvalue weighted by Gasteiger charge is -2.55. The SMILES string of the molecule is NC(N)=NCCC[C@@H]1N[C@H](CNC(=O)C23CC4CC(CC(C4)C2)C3)CCN(CC(c2ccccc2)c2ccccc2)C1=O. The topological polar surface area (TPSA) is 126 Å². The van der Waals surface area contributed by atoms with Crippen LogP contribution in [0.15, 0.2) is 65.7 Å². The van der Waals surface area contributed by atoms with Crippen LogP contribution >= 0.6 is 0 Å². The molecule has 6 N–H and O–H groups in total. The predicted molar refractivity (Wildman–Crippen MR) is 170 cm³/mol. The number of hydrogen-bond acceptors (Lipinski definition) is 4. The van der Waals surface area contributed by atoms with Crippen LogP contribution < -0.4 is 22.1 Å². The largest absolute Gasteiger partial charge is 0.370 e. The molecule has 4 bridgehead atoms. The van der Waals surface area contributed by atoms with Crippen LogP contribution in [0, 0.1) is 23.2 Å². The molecule has 0 spiro atoms. The molecular weight excluding hydrogens is 536 g/mol. The number of hydrogen-bond donors (Lipinski definition) is 4. The van der Waals surface area contributed by atoms with Gasteiger partial charge < -0.3 is 27.0 Å². The van der Waals surface area contributed by atoms with Gasteiger partial charge in [0.25, 0.3) is 0 Å². The molecule has 4 aliphatic carbocycles. The quantitative estimate of drug-likeness (QED) is 0.182. The van der Waals surface area contributed by atoms with Gasteiger partial charge in [-0.05, 0) is 86.7 Å². The zero-order valence-corrected chi connectivity index (χ0v) is 25.3. The third kappa shape index (κ3) is 6.90. The average Bonchev–Trinajstić information content (AvgIpc) is 3.15. The van der Waals surface area contributed by atoms with Crippen molar-refractivity contribution >= 4 is 17.8 Å². The number of amides is 2. The summed E-state index contributed by atoms with van der Waals surface area (Å²) in [5, 5.41) is 7.02. The molecule has 1 heterocycles. The van der Waals surface area contributed by atoms with E-state index in [1.54, 1.807) is 0 Å². The minimum atomic E-state index is -0.356. The summed E-state index contributed by atoms with van der Waals surface area (Å²) in [4.78, 5) is 34.0. The van der Waals surface area contributed by atoms with Crippen LogP contribution in [0.1, 0.15) is 74.8 Å². The van der Waals surface area contributed by atoms with Crippen molar-refractivity contribution < 1.29 is 9.59 Å². The molecule has 7 rings (SSSR count). The highest BCUT2D eigenvalue weighted by atomic mass is 16.2. The lowest BCUT2D eigenvalue weighted by atomic mass is 9.49. The molecule has 1 aliphatic heterocycles. The first-order valence-corrected chi connectivity index (χ1v) is 16.4. The van der Waals surface area contributed by atoms with Crippen LogP contribution in [-0.2, 0) is 9.59 Å². The molecule has 230 valence electrons. The fourth-order valence-corrected chi connectivity index (χ4v) is 8.92. The fraction of sp³-hybridized carbons (Fsp3) is 0.571. The monoisotopic (exact) mass is 584 g/mol. The summed E-state index contributed by atoms with van der Waals surface area (Å²) < 4.78 is 0. The number of nitrogens with two attached hydrogens (primary N) is 2. The minimum absolute atomic E-state index is 0.0202. The number of rotatable bonds is 11. The van der Waals surface area contributed by atoms with E-state index in [0.717, 1.165) is 43.4 Å². The lowest BCUT2D eigenvalue weighted by Crippen LogP contribution is -2.55. The van der Waals surface area contributed by atoms with E-state index in [1.165, 1.54) is 30.4 Å². The number of aliphatic imine (C=N–C) groups is 1. The maximum absolute atomic E-state index is 14.1. The van der Waals surface area contributed by atoms with E-state index < -0.39 is 0 Å². The summed E-state index contributed by atoms with van der Waals surface area (Å²) in [5.74, 6) is 2.69. The highest BCUT2D eigenvalue weighted by molar-refractivity contribution is 5.84. The van der Waals surface area contributed by atoms with Crippen LogP contribution in [0.4, 0.5) is 0 Å². The van der Waals surface area contributed by atoms with Gasteiger partial charge in [-0.2, -0.15) is 0 Å². The third-order valence-corrected chi connectivity index (χ3v) is 10.6. The Kier molecular flexibility index (Phi) is 9.03. The van der Waals surface area contributed by atoms with Crippen LogP contribution in [0.3, 0.4) is 0 Å². The van der Waals surface area contributed by atoms with E-state index in [4.69, 9.17) is 11.5 Å². The van der Waals surface area contributed by atoms with Gasteiger partial charge in [-0.25, -0.2) is 0 Å². The van der Waals surface area contributed by atoms with Gasteiger partial charge in [0.1, 0.15) is 0 Å². The number of nitrogens with zero attached hydrogens (tertiary/aromatic N) is 2. The molecule has 2 amide bonds. The zero-order valence-electron chi connectivity index (χ0n) is 25.3. The summed E-state index contributed by atoms with van der Waals surface area (Å²) in [7, 11) is 0. The van der Waals surface area contributed by atoms with Crippen molar-refractivity contribution in [3.63, 3.8) is 0 Å². The van der Waals surface area contributed by atoms with Crippen molar-refractivity contribution in [2.24, 2.45) is 39.6 Å². The number of carbonyl (C=O) groups excluding carboxylic acids is 2. The normalized spacial score (nSPS) is 29.8. The molecule has 1 saturated heterocycles. The maximum atomic E-state index is 14.1. The Morgan fingerprint density at radius 1 is 0.953 bits per heavy atom. The molecule has 8 heteroatoms. The third-order valence-electron chi connectivity index (χ3n) is 10.6. The number of benzene rings is 2. The Morgan fingerprint density at radius 2 is 1.53 bits per heavy atom. The van der Waals surface area contributed by atoms with E-state index in [2.05, 4.69) is 64.2 Å². The molecule has 5 aliphatic rings. The number of guanidine groups is 1. The van der Waals surface area contributed by atoms with Crippen LogP contribution in [0.5, 0.6) is 0 Å². The molecule has 8 nitrogen and oxygen atoms in total. The zero-order chi connectivity index (χ0) is 29.8. The summed E-state index contributed by atoms with van der Waals surface area (Å²) in [6.07, 6.45) is 9.26. The molecule has 4 saturated carbocycles. The second-order valence-electron chi connectivity index (χ2n) is 13.7. The summed E-state index contributed by atoms with van der Waals surface area (Å²) in [6, 6.07) is 20.6. The predicted octanol–water partition coefficient (Wildman–Crippen LogP) is 3.76. The lowest BCUT2D eigenvalue weighted by molar-refractivity contribution is -0.146. The highest BCUT2D eigenvalue weighted by Gasteiger charge is 2.54. The highest BCUT2D eigenvalue weighted by Crippen LogP contribution is 2.60. The smallest absolute Gasteiger partial charge is 0.239 e. The van der Waals surface area contributed by atoms with Gasteiger partial charge in [0, 0.05) is 43.6 Å². The van der Waals surface area contributed by atoms with E-state index >= 15 is 0 Å². The Balaban J connectivity index is 1.16. The van der Waals surface area contributed by atoms with Gasteiger partial charge >= 0.3 is 0 Å². The average molecular weight is 585 g/mol. The van der Waals surface area contributed by atoms with E-state index in [-0.39, 0.29) is 41.2 Å². The molecule has 5 fully saturated rings. The molecule has 43 heavy (non-hydrogen) atoms. The first kappa shape index (κ1) is 29.7. The van der Waals surface area contributed by atoms with Gasteiger partial charge in [-0.1, -0.05) is 60.7 Å². The van der Waals surface area contributed by atoms with Gasteiger partial charge in [0.2, 0.25) is 11.8 Å². The number of carbonyl (C=O) groups is 2.